The molecular formula is C16H15NO6. The van der Waals surface area contributed by atoms with Gasteiger partial charge in [-0.15, -0.1) is 0 Å². The minimum absolute atomic E-state index is 0.0595. The van der Waals surface area contributed by atoms with E-state index in [4.69, 9.17) is 13.9 Å². The van der Waals surface area contributed by atoms with Gasteiger partial charge in [-0.3, -0.25) is 9.59 Å². The van der Waals surface area contributed by atoms with Crippen LogP contribution in [-0.4, -0.2) is 48.6 Å². The van der Waals surface area contributed by atoms with Gasteiger partial charge in [0.15, 0.2) is 11.2 Å². The van der Waals surface area contributed by atoms with Crippen molar-refractivity contribution in [1.29, 1.82) is 0 Å². The Kier molecular flexibility index (Phi) is 3.41. The molecule has 0 bridgehead atoms. The van der Waals surface area contributed by atoms with E-state index in [0.29, 0.717) is 11.0 Å². The molecule has 3 heterocycles. The first-order valence-corrected chi connectivity index (χ1v) is 7.38. The molecule has 1 amide bonds. The molecule has 1 aromatic carbocycles. The van der Waals surface area contributed by atoms with E-state index in [1.807, 2.05) is 0 Å². The monoisotopic (exact) mass is 317 g/mol. The summed E-state index contributed by atoms with van der Waals surface area (Å²) in [6, 6.07) is 7.54. The van der Waals surface area contributed by atoms with Crippen LogP contribution in [0.15, 0.2) is 39.5 Å². The molecule has 0 aliphatic carbocycles. The summed E-state index contributed by atoms with van der Waals surface area (Å²) in [5, 5.41) is 12.9. The molecule has 0 saturated carbocycles. The van der Waals surface area contributed by atoms with Gasteiger partial charge in [-0.05, 0) is 12.1 Å². The minimum Gasteiger partial charge on any atom is -0.451 e. The highest BCUT2D eigenvalue weighted by Gasteiger charge is 2.47. The fraction of sp³-hybridized carbons (Fsp3) is 0.375. The van der Waals surface area contributed by atoms with Crippen molar-refractivity contribution in [2.75, 3.05) is 13.2 Å². The Balaban J connectivity index is 1.57. The van der Waals surface area contributed by atoms with Crippen LogP contribution in [0.2, 0.25) is 0 Å². The summed E-state index contributed by atoms with van der Waals surface area (Å²) in [5.74, 6) is -0.567. The molecule has 120 valence electrons. The summed E-state index contributed by atoms with van der Waals surface area (Å²) < 4.78 is 16.4. The lowest BCUT2D eigenvalue weighted by Gasteiger charge is -2.17. The maximum atomic E-state index is 12.3. The highest BCUT2D eigenvalue weighted by Crippen LogP contribution is 2.27. The van der Waals surface area contributed by atoms with Gasteiger partial charge in [0.2, 0.25) is 0 Å². The molecule has 1 aromatic heterocycles. The molecule has 2 saturated heterocycles. The number of carbonyl (C=O) groups is 1. The highest BCUT2D eigenvalue weighted by atomic mass is 16.6. The Morgan fingerprint density at radius 2 is 1.96 bits per heavy atom. The van der Waals surface area contributed by atoms with E-state index in [1.54, 1.807) is 24.3 Å². The first-order valence-electron chi connectivity index (χ1n) is 7.38. The van der Waals surface area contributed by atoms with Crippen LogP contribution in [0.25, 0.3) is 11.0 Å². The van der Waals surface area contributed by atoms with Crippen molar-refractivity contribution in [3.05, 3.63) is 46.3 Å². The third kappa shape index (κ3) is 2.42. The van der Waals surface area contributed by atoms with Gasteiger partial charge < -0.3 is 24.3 Å². The molecule has 2 aromatic rings. The van der Waals surface area contributed by atoms with Crippen LogP contribution < -0.4 is 10.7 Å². The Morgan fingerprint density at radius 1 is 1.17 bits per heavy atom. The van der Waals surface area contributed by atoms with E-state index in [0.717, 1.165) is 0 Å². The third-order valence-corrected chi connectivity index (χ3v) is 4.20. The number of carbonyl (C=O) groups excluding carboxylic acids is 1. The Hall–Kier alpha value is -2.22. The van der Waals surface area contributed by atoms with Gasteiger partial charge in [0.1, 0.15) is 23.9 Å². The van der Waals surface area contributed by atoms with Crippen molar-refractivity contribution < 1.29 is 23.8 Å². The molecule has 2 N–H and O–H groups in total. The summed E-state index contributed by atoms with van der Waals surface area (Å²) in [6.45, 7) is 0.433. The molecule has 7 nitrogen and oxygen atoms in total. The smallest absolute Gasteiger partial charge is 0.287 e. The van der Waals surface area contributed by atoms with Crippen LogP contribution in [0.4, 0.5) is 0 Å². The molecule has 23 heavy (non-hydrogen) atoms. The average Bonchev–Trinajstić information content (AvgIpc) is 3.11. The molecular weight excluding hydrogens is 302 g/mol. The van der Waals surface area contributed by atoms with Crippen molar-refractivity contribution in [3.8, 4) is 0 Å². The van der Waals surface area contributed by atoms with Crippen LogP contribution in [-0.2, 0) is 9.47 Å². The van der Waals surface area contributed by atoms with Crippen molar-refractivity contribution in [2.24, 2.45) is 0 Å². The number of fused-ring (bicyclic) bond motifs is 2. The molecule has 2 fully saturated rings. The fourth-order valence-corrected chi connectivity index (χ4v) is 3.06. The van der Waals surface area contributed by atoms with Crippen molar-refractivity contribution in [3.63, 3.8) is 0 Å². The van der Waals surface area contributed by atoms with E-state index >= 15 is 0 Å². The number of rotatable bonds is 2. The predicted octanol–water partition coefficient (Wildman–Crippen LogP) is 0.0499. The summed E-state index contributed by atoms with van der Waals surface area (Å²) >= 11 is 0. The van der Waals surface area contributed by atoms with Gasteiger partial charge in [-0.25, -0.2) is 0 Å². The minimum atomic E-state index is -0.680. The Bertz CT molecular complexity index is 816. The van der Waals surface area contributed by atoms with Gasteiger partial charge in [-0.1, -0.05) is 12.1 Å². The number of hydrogen-bond acceptors (Lipinski definition) is 6. The molecule has 7 heteroatoms. The number of benzene rings is 1. The zero-order valence-corrected chi connectivity index (χ0v) is 12.1. The van der Waals surface area contributed by atoms with Gasteiger partial charge >= 0.3 is 0 Å². The normalized spacial score (nSPS) is 29.6. The molecule has 4 rings (SSSR count). The maximum Gasteiger partial charge on any atom is 0.287 e. The predicted molar refractivity (Wildman–Crippen MR) is 79.2 cm³/mol. The van der Waals surface area contributed by atoms with Gasteiger partial charge in [-0.2, -0.15) is 0 Å². The van der Waals surface area contributed by atoms with Crippen LogP contribution in [0, 0.1) is 0 Å². The number of para-hydroxylation sites is 1. The Morgan fingerprint density at radius 3 is 2.83 bits per heavy atom. The number of nitrogens with one attached hydrogen (secondary N) is 1. The van der Waals surface area contributed by atoms with Crippen LogP contribution in [0.1, 0.15) is 10.6 Å². The summed E-state index contributed by atoms with van der Waals surface area (Å²) in [6.07, 6.45) is -1.49. The second-order valence-electron chi connectivity index (χ2n) is 5.71. The van der Waals surface area contributed by atoms with Gasteiger partial charge in [0.05, 0.1) is 24.6 Å². The van der Waals surface area contributed by atoms with Gasteiger partial charge in [0.25, 0.3) is 5.91 Å². The second kappa shape index (κ2) is 5.45. The number of amides is 1. The first kappa shape index (κ1) is 14.4. The molecule has 0 radical (unpaired) electrons. The molecule has 0 unspecified atom stereocenters. The number of hydrogen-bond donors (Lipinski definition) is 2. The zero-order chi connectivity index (χ0) is 16.0. The summed E-state index contributed by atoms with van der Waals surface area (Å²) in [5.41, 5.74) is 0.0864. The lowest BCUT2D eigenvalue weighted by atomic mass is 10.1. The first-order chi connectivity index (χ1) is 11.1. The van der Waals surface area contributed by atoms with Crippen molar-refractivity contribution in [2.45, 2.75) is 24.4 Å². The number of ether oxygens (including phenoxy) is 2. The Labute approximate surface area is 130 Å². The average molecular weight is 317 g/mol. The maximum absolute atomic E-state index is 12.3. The molecule has 2 aliphatic heterocycles. The second-order valence-corrected chi connectivity index (χ2v) is 5.71. The van der Waals surface area contributed by atoms with Gasteiger partial charge in [0, 0.05) is 6.07 Å². The number of aliphatic hydroxyl groups is 1. The highest BCUT2D eigenvalue weighted by molar-refractivity contribution is 5.93. The lowest BCUT2D eigenvalue weighted by molar-refractivity contribution is 0.0178. The third-order valence-electron chi connectivity index (χ3n) is 4.20. The standard InChI is InChI=1S/C16H15NO6/c18-10-5-13(23-12-4-2-1-3-8(10)12)16(20)17-9-6-21-15-11(19)7-22-14(9)15/h1-5,9,11,14-15,19H,6-7H2,(H,17,20)/t9-,11-,14-,15-/m1/s1. The summed E-state index contributed by atoms with van der Waals surface area (Å²) in [7, 11) is 0. The van der Waals surface area contributed by atoms with E-state index < -0.39 is 18.1 Å². The molecule has 2 aliphatic rings. The zero-order valence-electron chi connectivity index (χ0n) is 12.1. The van der Waals surface area contributed by atoms with E-state index in [9.17, 15) is 14.7 Å². The van der Waals surface area contributed by atoms with Crippen molar-refractivity contribution >= 4 is 16.9 Å². The quantitative estimate of drug-likeness (QED) is 0.812. The van der Waals surface area contributed by atoms with E-state index in [2.05, 4.69) is 5.32 Å². The lowest BCUT2D eigenvalue weighted by Crippen LogP contribution is -2.44. The fourth-order valence-electron chi connectivity index (χ4n) is 3.06. The van der Waals surface area contributed by atoms with E-state index in [-0.39, 0.29) is 36.5 Å². The topological polar surface area (TPSA) is 98.0 Å². The SMILES string of the molecule is O=C(N[C@@H]1CO[C@H]2[C@@H]1OC[C@H]2O)c1cc(=O)c2ccccc2o1. The summed E-state index contributed by atoms with van der Waals surface area (Å²) in [4.78, 5) is 24.4. The molecule has 4 atom stereocenters. The molecule has 0 spiro atoms. The largest absolute Gasteiger partial charge is 0.451 e. The van der Waals surface area contributed by atoms with Crippen LogP contribution in [0.5, 0.6) is 0 Å². The number of aliphatic hydroxyl groups excluding tert-OH is 1. The van der Waals surface area contributed by atoms with E-state index in [1.165, 1.54) is 6.07 Å². The van der Waals surface area contributed by atoms with Crippen LogP contribution >= 0.6 is 0 Å². The van der Waals surface area contributed by atoms with Crippen LogP contribution in [0.3, 0.4) is 0 Å². The van der Waals surface area contributed by atoms with Crippen molar-refractivity contribution in [1.82, 2.24) is 5.32 Å².